The molecule has 2 aromatic heterocycles. The average Bonchev–Trinajstić information content (AvgIpc) is 3.30. The molecule has 0 spiro atoms. The average molecular weight is 391 g/mol. The standard InChI is InChI=1S/C20H34N6S/c1-5-7-9-17(6-2)14-22-20(21-12-11-18-10-8-13-27-18)23-15-19-25-24-16(3)26(19)4/h8,10,13,17H,5-7,9,11-12,14-15H2,1-4H3,(H2,21,22,23). The summed E-state index contributed by atoms with van der Waals surface area (Å²) in [6, 6.07) is 4.28. The fraction of sp³-hybridized carbons (Fsp3) is 0.650. The van der Waals surface area contributed by atoms with Crippen molar-refractivity contribution in [3.8, 4) is 0 Å². The van der Waals surface area contributed by atoms with Gasteiger partial charge in [-0.25, -0.2) is 4.99 Å². The first-order valence-electron chi connectivity index (χ1n) is 10.0. The van der Waals surface area contributed by atoms with Crippen molar-refractivity contribution in [1.29, 1.82) is 0 Å². The van der Waals surface area contributed by atoms with E-state index < -0.39 is 0 Å². The lowest BCUT2D eigenvalue weighted by Gasteiger charge is -2.18. The van der Waals surface area contributed by atoms with Crippen molar-refractivity contribution in [2.24, 2.45) is 18.0 Å². The summed E-state index contributed by atoms with van der Waals surface area (Å²) >= 11 is 1.80. The Balaban J connectivity index is 1.93. The zero-order valence-electron chi connectivity index (χ0n) is 17.2. The van der Waals surface area contributed by atoms with Crippen LogP contribution in [0.2, 0.25) is 0 Å². The highest BCUT2D eigenvalue weighted by Crippen LogP contribution is 2.11. The first-order chi connectivity index (χ1) is 13.1. The predicted octanol–water partition coefficient (Wildman–Crippen LogP) is 3.68. The number of nitrogens with zero attached hydrogens (tertiary/aromatic N) is 4. The molecular formula is C20H34N6S. The highest BCUT2D eigenvalue weighted by atomic mass is 32.1. The summed E-state index contributed by atoms with van der Waals surface area (Å²) in [5, 5.41) is 17.5. The van der Waals surface area contributed by atoms with Crippen LogP contribution in [0, 0.1) is 12.8 Å². The lowest BCUT2D eigenvalue weighted by atomic mass is 9.99. The lowest BCUT2D eigenvalue weighted by Crippen LogP contribution is -2.40. The Morgan fingerprint density at radius 3 is 2.78 bits per heavy atom. The number of aromatic nitrogens is 3. The van der Waals surface area contributed by atoms with Crippen LogP contribution in [0.4, 0.5) is 0 Å². The first kappa shape index (κ1) is 21.4. The zero-order chi connectivity index (χ0) is 19.5. The summed E-state index contributed by atoms with van der Waals surface area (Å²) < 4.78 is 1.99. The Bertz CT molecular complexity index is 677. The Morgan fingerprint density at radius 2 is 2.15 bits per heavy atom. The summed E-state index contributed by atoms with van der Waals surface area (Å²) in [5.41, 5.74) is 0. The van der Waals surface area contributed by atoms with Gasteiger partial charge in [0.1, 0.15) is 12.4 Å². The number of thiophene rings is 1. The van der Waals surface area contributed by atoms with Crippen molar-refractivity contribution >= 4 is 17.3 Å². The van der Waals surface area contributed by atoms with Crippen LogP contribution in [0.15, 0.2) is 22.5 Å². The first-order valence-corrected chi connectivity index (χ1v) is 10.9. The van der Waals surface area contributed by atoms with Gasteiger partial charge in [0.15, 0.2) is 11.8 Å². The SMILES string of the molecule is CCCCC(CC)CNC(=NCc1nnc(C)n1C)NCCc1cccs1. The molecule has 0 aliphatic carbocycles. The molecule has 1 unspecified atom stereocenters. The molecule has 2 N–H and O–H groups in total. The lowest BCUT2D eigenvalue weighted by molar-refractivity contribution is 0.443. The molecule has 2 rings (SSSR count). The van der Waals surface area contributed by atoms with Gasteiger partial charge in [-0.1, -0.05) is 39.2 Å². The van der Waals surface area contributed by atoms with Crippen molar-refractivity contribution in [2.45, 2.75) is 59.4 Å². The minimum Gasteiger partial charge on any atom is -0.356 e. The van der Waals surface area contributed by atoms with Crippen molar-refractivity contribution in [2.75, 3.05) is 13.1 Å². The monoisotopic (exact) mass is 390 g/mol. The topological polar surface area (TPSA) is 67.1 Å². The van der Waals surface area contributed by atoms with Gasteiger partial charge in [-0.2, -0.15) is 0 Å². The van der Waals surface area contributed by atoms with E-state index in [9.17, 15) is 0 Å². The summed E-state index contributed by atoms with van der Waals surface area (Å²) in [6.07, 6.45) is 6.01. The molecule has 0 amide bonds. The Morgan fingerprint density at radius 1 is 1.30 bits per heavy atom. The highest BCUT2D eigenvalue weighted by Gasteiger charge is 2.09. The van der Waals surface area contributed by atoms with Gasteiger partial charge in [0.05, 0.1) is 0 Å². The molecule has 1 atom stereocenters. The summed E-state index contributed by atoms with van der Waals surface area (Å²) in [4.78, 5) is 6.14. The number of aryl methyl sites for hydroxylation is 1. The molecule has 2 heterocycles. The quantitative estimate of drug-likeness (QED) is 0.454. The number of rotatable bonds is 11. The second-order valence-electron chi connectivity index (χ2n) is 6.94. The molecule has 0 aliphatic heterocycles. The second-order valence-corrected chi connectivity index (χ2v) is 7.97. The van der Waals surface area contributed by atoms with Gasteiger partial charge in [0.25, 0.3) is 0 Å². The third kappa shape index (κ3) is 7.33. The van der Waals surface area contributed by atoms with Crippen LogP contribution in [0.1, 0.15) is 56.1 Å². The molecule has 0 bridgehead atoms. The van der Waals surface area contributed by atoms with E-state index >= 15 is 0 Å². The van der Waals surface area contributed by atoms with Gasteiger partial charge in [0, 0.05) is 25.0 Å². The van der Waals surface area contributed by atoms with Crippen molar-refractivity contribution in [1.82, 2.24) is 25.4 Å². The van der Waals surface area contributed by atoms with Crippen LogP contribution in [-0.2, 0) is 20.0 Å². The highest BCUT2D eigenvalue weighted by molar-refractivity contribution is 7.09. The molecule has 0 saturated carbocycles. The van der Waals surface area contributed by atoms with E-state index in [1.54, 1.807) is 11.3 Å². The molecule has 2 aromatic rings. The summed E-state index contributed by atoms with van der Waals surface area (Å²) in [6.45, 7) is 8.83. The fourth-order valence-corrected chi connectivity index (χ4v) is 3.57. The third-order valence-electron chi connectivity index (χ3n) is 4.91. The number of unbranched alkanes of at least 4 members (excludes halogenated alkanes) is 1. The van der Waals surface area contributed by atoms with Crippen LogP contribution >= 0.6 is 11.3 Å². The molecule has 0 aliphatic rings. The molecule has 150 valence electrons. The largest absolute Gasteiger partial charge is 0.356 e. The summed E-state index contributed by atoms with van der Waals surface area (Å²) in [7, 11) is 1.98. The minimum atomic E-state index is 0.525. The maximum absolute atomic E-state index is 4.75. The van der Waals surface area contributed by atoms with Crippen LogP contribution in [0.25, 0.3) is 0 Å². The Labute approximate surface area is 167 Å². The van der Waals surface area contributed by atoms with Crippen molar-refractivity contribution in [3.63, 3.8) is 0 Å². The molecule has 0 saturated heterocycles. The number of hydrogen-bond acceptors (Lipinski definition) is 4. The molecule has 0 aromatic carbocycles. The van der Waals surface area contributed by atoms with E-state index in [0.29, 0.717) is 12.5 Å². The molecule has 0 radical (unpaired) electrons. The van der Waals surface area contributed by atoms with Gasteiger partial charge >= 0.3 is 0 Å². The van der Waals surface area contributed by atoms with E-state index in [2.05, 4.69) is 52.2 Å². The number of guanidine groups is 1. The van der Waals surface area contributed by atoms with Crippen LogP contribution < -0.4 is 10.6 Å². The van der Waals surface area contributed by atoms with Crippen molar-refractivity contribution in [3.05, 3.63) is 34.0 Å². The van der Waals surface area contributed by atoms with Crippen LogP contribution in [-0.4, -0.2) is 33.8 Å². The van der Waals surface area contributed by atoms with Gasteiger partial charge in [-0.3, -0.25) is 0 Å². The molecule has 6 nitrogen and oxygen atoms in total. The molecule has 7 heteroatoms. The van der Waals surface area contributed by atoms with E-state index in [1.165, 1.54) is 30.6 Å². The summed E-state index contributed by atoms with van der Waals surface area (Å²) in [5.74, 6) is 3.34. The fourth-order valence-electron chi connectivity index (χ4n) is 2.86. The predicted molar refractivity (Wildman–Crippen MR) is 114 cm³/mol. The number of hydrogen-bond donors (Lipinski definition) is 2. The Hall–Kier alpha value is -1.89. The maximum atomic E-state index is 4.75. The molecule has 0 fully saturated rings. The zero-order valence-corrected chi connectivity index (χ0v) is 18.0. The van der Waals surface area contributed by atoms with Crippen LogP contribution in [0.5, 0.6) is 0 Å². The van der Waals surface area contributed by atoms with Gasteiger partial charge < -0.3 is 15.2 Å². The van der Waals surface area contributed by atoms with E-state index in [4.69, 9.17) is 4.99 Å². The minimum absolute atomic E-state index is 0.525. The van der Waals surface area contributed by atoms with Crippen molar-refractivity contribution < 1.29 is 0 Å². The van der Waals surface area contributed by atoms with Crippen LogP contribution in [0.3, 0.4) is 0 Å². The second kappa shape index (κ2) is 11.7. The smallest absolute Gasteiger partial charge is 0.191 e. The third-order valence-corrected chi connectivity index (χ3v) is 5.84. The van der Waals surface area contributed by atoms with E-state index in [-0.39, 0.29) is 0 Å². The Kier molecular flexibility index (Phi) is 9.31. The number of aliphatic imine (C=N–C) groups is 1. The maximum Gasteiger partial charge on any atom is 0.191 e. The normalized spacial score (nSPS) is 13.0. The molecular weight excluding hydrogens is 356 g/mol. The van der Waals surface area contributed by atoms with E-state index in [0.717, 1.165) is 37.1 Å². The van der Waals surface area contributed by atoms with Gasteiger partial charge in [0.2, 0.25) is 0 Å². The molecule has 27 heavy (non-hydrogen) atoms. The number of nitrogens with one attached hydrogen (secondary N) is 2. The van der Waals surface area contributed by atoms with Gasteiger partial charge in [-0.15, -0.1) is 21.5 Å². The van der Waals surface area contributed by atoms with Gasteiger partial charge in [-0.05, 0) is 37.1 Å². The van der Waals surface area contributed by atoms with E-state index in [1.807, 2.05) is 18.5 Å².